The first-order valence-electron chi connectivity index (χ1n) is 10.5. The van der Waals surface area contributed by atoms with Crippen LogP contribution in [0.4, 0.5) is 4.79 Å². The number of ether oxygens (including phenoxy) is 1. The maximum absolute atomic E-state index is 13.2. The third kappa shape index (κ3) is 5.71. The van der Waals surface area contributed by atoms with Gasteiger partial charge in [-0.15, -0.1) is 0 Å². The van der Waals surface area contributed by atoms with Crippen LogP contribution in [0.1, 0.15) is 64.3 Å². The van der Waals surface area contributed by atoms with Crippen molar-refractivity contribution in [2.75, 3.05) is 6.54 Å². The predicted octanol–water partition coefficient (Wildman–Crippen LogP) is 4.16. The summed E-state index contributed by atoms with van der Waals surface area (Å²) in [5.41, 5.74) is 0.589. The number of hydrogen-bond acceptors (Lipinski definition) is 7. The molecule has 1 aliphatic rings. The molecule has 2 unspecified atom stereocenters. The summed E-state index contributed by atoms with van der Waals surface area (Å²) in [6, 6.07) is 1.98. The van der Waals surface area contributed by atoms with Crippen molar-refractivity contribution in [1.82, 2.24) is 15.0 Å². The Kier molecular flexibility index (Phi) is 7.15. The van der Waals surface area contributed by atoms with Crippen molar-refractivity contribution in [1.29, 1.82) is 0 Å². The molecule has 2 aromatic rings. The van der Waals surface area contributed by atoms with E-state index in [0.29, 0.717) is 28.3 Å². The van der Waals surface area contributed by atoms with E-state index in [0.717, 1.165) is 0 Å². The van der Waals surface area contributed by atoms with Crippen molar-refractivity contribution in [2.45, 2.75) is 63.6 Å². The van der Waals surface area contributed by atoms with Crippen molar-refractivity contribution < 1.29 is 17.9 Å². The number of alkyl carbamates (subject to hydrolysis) is 1. The van der Waals surface area contributed by atoms with Crippen molar-refractivity contribution in [3.05, 3.63) is 34.6 Å². The number of fused-ring (bicyclic) bond motifs is 3. The number of benzene rings is 1. The largest absolute Gasteiger partial charge is 0.444 e. The summed E-state index contributed by atoms with van der Waals surface area (Å²) in [6.45, 7) is 9.40. The third-order valence-corrected chi connectivity index (χ3v) is 6.73. The SMILES string of the molecule is CC(C)CNS(=O)(=O)c1cc2c(c3cnc(Cl)cc13)C(NC(=O)OC(C)(C)C)CC2N=NN. The number of halogens is 1. The average molecular weight is 497 g/mol. The Bertz CT molecular complexity index is 1190. The summed E-state index contributed by atoms with van der Waals surface area (Å²) in [5.74, 6) is 5.44. The van der Waals surface area contributed by atoms with Crippen molar-refractivity contribution in [3.8, 4) is 0 Å². The van der Waals surface area contributed by atoms with E-state index in [1.165, 1.54) is 12.3 Å². The van der Waals surface area contributed by atoms with Gasteiger partial charge < -0.3 is 15.9 Å². The monoisotopic (exact) mass is 496 g/mol. The lowest BCUT2D eigenvalue weighted by Gasteiger charge is -2.23. The first kappa shape index (κ1) is 25.1. The molecule has 3 rings (SSSR count). The molecule has 0 saturated heterocycles. The van der Waals surface area contributed by atoms with Crippen molar-refractivity contribution in [3.63, 3.8) is 0 Å². The number of carbonyl (C=O) groups is 1. The molecule has 4 N–H and O–H groups in total. The number of rotatable bonds is 6. The van der Waals surface area contributed by atoms with Crippen LogP contribution in [0.3, 0.4) is 0 Å². The molecule has 1 aromatic carbocycles. The molecule has 0 spiro atoms. The second-order valence-corrected chi connectivity index (χ2v) is 11.5. The minimum absolute atomic E-state index is 0.0522. The highest BCUT2D eigenvalue weighted by Crippen LogP contribution is 2.46. The van der Waals surface area contributed by atoms with Gasteiger partial charge in [-0.2, -0.15) is 5.11 Å². The normalized spacial score (nSPS) is 18.8. The summed E-state index contributed by atoms with van der Waals surface area (Å²) < 4.78 is 34.4. The topological polar surface area (TPSA) is 148 Å². The summed E-state index contributed by atoms with van der Waals surface area (Å²) in [4.78, 5) is 16.7. The molecule has 0 radical (unpaired) electrons. The highest BCUT2D eigenvalue weighted by Gasteiger charge is 2.37. The molecule has 12 heteroatoms. The summed E-state index contributed by atoms with van der Waals surface area (Å²) in [5, 5.41) is 11.4. The van der Waals surface area contributed by atoms with Gasteiger partial charge in [-0.05, 0) is 49.9 Å². The van der Waals surface area contributed by atoms with Crippen LogP contribution in [0, 0.1) is 5.92 Å². The molecular weight excluding hydrogens is 468 g/mol. The second kappa shape index (κ2) is 9.40. The van der Waals surface area contributed by atoms with Crippen LogP contribution in [0.2, 0.25) is 5.15 Å². The van der Waals surface area contributed by atoms with Crippen LogP contribution in [0.25, 0.3) is 10.8 Å². The molecular formula is C21H29ClN6O4S. The van der Waals surface area contributed by atoms with E-state index < -0.39 is 33.8 Å². The Morgan fingerprint density at radius 2 is 2.03 bits per heavy atom. The fourth-order valence-electron chi connectivity index (χ4n) is 3.78. The molecule has 0 saturated carbocycles. The van der Waals surface area contributed by atoms with Gasteiger partial charge in [0.1, 0.15) is 16.8 Å². The fourth-order valence-corrected chi connectivity index (χ4v) is 5.39. The molecule has 10 nitrogen and oxygen atoms in total. The Morgan fingerprint density at radius 3 is 2.64 bits per heavy atom. The van der Waals surface area contributed by atoms with Crippen molar-refractivity contribution in [2.24, 2.45) is 22.1 Å². The molecule has 0 bridgehead atoms. The van der Waals surface area contributed by atoms with Gasteiger partial charge in [0.2, 0.25) is 10.0 Å². The minimum atomic E-state index is -3.88. The third-order valence-electron chi connectivity index (χ3n) is 5.06. The van der Waals surface area contributed by atoms with Crippen LogP contribution >= 0.6 is 11.6 Å². The lowest BCUT2D eigenvalue weighted by Crippen LogP contribution is -2.34. The first-order chi connectivity index (χ1) is 15.3. The fraction of sp³-hybridized carbons (Fsp3) is 0.524. The molecule has 0 aliphatic heterocycles. The maximum atomic E-state index is 13.2. The summed E-state index contributed by atoms with van der Waals surface area (Å²) in [6.07, 6.45) is 1.23. The highest BCUT2D eigenvalue weighted by molar-refractivity contribution is 7.89. The zero-order valence-corrected chi connectivity index (χ0v) is 20.8. The summed E-state index contributed by atoms with van der Waals surface area (Å²) in [7, 11) is -3.88. The van der Waals surface area contributed by atoms with Gasteiger partial charge in [0.15, 0.2) is 0 Å². The van der Waals surface area contributed by atoms with Gasteiger partial charge in [0, 0.05) is 29.9 Å². The molecule has 1 aliphatic carbocycles. The van der Waals surface area contributed by atoms with Crippen molar-refractivity contribution >= 4 is 38.5 Å². The Labute approximate surface area is 198 Å². The van der Waals surface area contributed by atoms with Gasteiger partial charge in [0.25, 0.3) is 0 Å². The van der Waals surface area contributed by atoms with Crippen LogP contribution in [0.5, 0.6) is 0 Å². The minimum Gasteiger partial charge on any atom is -0.444 e. The van der Waals surface area contributed by atoms with Crippen LogP contribution in [0.15, 0.2) is 33.6 Å². The number of carbonyl (C=O) groups excluding carboxylic acids is 1. The number of nitrogens with two attached hydrogens (primary N) is 1. The van der Waals surface area contributed by atoms with Gasteiger partial charge in [0.05, 0.1) is 10.9 Å². The molecule has 2 atom stereocenters. The van der Waals surface area contributed by atoms with E-state index >= 15 is 0 Å². The Balaban J connectivity index is 2.18. The van der Waals surface area contributed by atoms with E-state index in [4.69, 9.17) is 22.2 Å². The number of sulfonamides is 1. The van der Waals surface area contributed by atoms with Gasteiger partial charge in [-0.25, -0.2) is 22.9 Å². The molecule has 180 valence electrons. The lowest BCUT2D eigenvalue weighted by molar-refractivity contribution is 0.0503. The number of nitrogens with zero attached hydrogens (tertiary/aromatic N) is 3. The smallest absolute Gasteiger partial charge is 0.408 e. The summed E-state index contributed by atoms with van der Waals surface area (Å²) >= 11 is 6.12. The molecule has 1 amide bonds. The quantitative estimate of drug-likeness (QED) is 0.236. The molecule has 33 heavy (non-hydrogen) atoms. The van der Waals surface area contributed by atoms with Crippen LogP contribution in [-0.4, -0.2) is 31.6 Å². The number of hydrogen-bond donors (Lipinski definition) is 3. The number of nitrogens with one attached hydrogen (secondary N) is 2. The van der Waals surface area contributed by atoms with E-state index in [1.54, 1.807) is 26.8 Å². The van der Waals surface area contributed by atoms with Gasteiger partial charge >= 0.3 is 6.09 Å². The van der Waals surface area contributed by atoms with E-state index in [-0.39, 0.29) is 22.5 Å². The number of pyridine rings is 1. The second-order valence-electron chi connectivity index (χ2n) is 9.36. The molecule has 1 aromatic heterocycles. The average Bonchev–Trinajstić information content (AvgIpc) is 3.01. The lowest BCUT2D eigenvalue weighted by atomic mass is 10.00. The van der Waals surface area contributed by atoms with E-state index in [2.05, 4.69) is 25.4 Å². The zero-order valence-electron chi connectivity index (χ0n) is 19.2. The van der Waals surface area contributed by atoms with Gasteiger partial charge in [-0.1, -0.05) is 30.7 Å². The zero-order chi connectivity index (χ0) is 24.6. The predicted molar refractivity (Wildman–Crippen MR) is 125 cm³/mol. The standard InChI is InChI=1S/C21H29ClN6O4S/c1-11(2)9-25-33(30,31)17-6-13-15(27-28-23)8-16(26-20(29)32-21(3,4)5)19(13)14-10-24-18(22)7-12(14)17/h6-7,10-11,15-16,25H,8-9H2,1-5H3,(H2,23,27)(H,26,29). The first-order valence-corrected chi connectivity index (χ1v) is 12.4. The Hall–Kier alpha value is -2.50. The number of aromatic nitrogens is 1. The Morgan fingerprint density at radius 1 is 1.33 bits per heavy atom. The van der Waals surface area contributed by atoms with Crippen LogP contribution in [-0.2, 0) is 14.8 Å². The van der Waals surface area contributed by atoms with E-state index in [9.17, 15) is 13.2 Å². The molecule has 1 heterocycles. The van der Waals surface area contributed by atoms with Crippen LogP contribution < -0.4 is 15.9 Å². The van der Waals surface area contributed by atoms with E-state index in [1.807, 2.05) is 13.8 Å². The number of amides is 1. The highest BCUT2D eigenvalue weighted by atomic mass is 35.5. The maximum Gasteiger partial charge on any atom is 0.408 e. The van der Waals surface area contributed by atoms with Gasteiger partial charge in [-0.3, -0.25) is 0 Å². The molecule has 0 fully saturated rings.